The van der Waals surface area contributed by atoms with Gasteiger partial charge >= 0.3 is 6.03 Å². The summed E-state index contributed by atoms with van der Waals surface area (Å²) in [5.74, 6) is -0.941. The normalized spacial score (nSPS) is 20.5. The van der Waals surface area contributed by atoms with E-state index in [2.05, 4.69) is 0 Å². The van der Waals surface area contributed by atoms with Crippen LogP contribution in [0.3, 0.4) is 0 Å². The number of nitrogens with zero attached hydrogens (tertiary/aromatic N) is 3. The number of primary amides is 2. The monoisotopic (exact) mass is 419 g/mol. The zero-order chi connectivity index (χ0) is 20.5. The molecular formula is C17H17N5O4S2. The van der Waals surface area contributed by atoms with Crippen molar-refractivity contribution in [2.24, 2.45) is 11.5 Å². The maximum atomic E-state index is 13.1. The zero-order valence-electron chi connectivity index (χ0n) is 14.6. The minimum absolute atomic E-state index is 0.0475. The molecule has 1 saturated heterocycles. The summed E-state index contributed by atoms with van der Waals surface area (Å²) < 4.78 is 27.2. The second kappa shape index (κ2) is 7.59. The molecule has 146 valence electrons. The van der Waals surface area contributed by atoms with Crippen molar-refractivity contribution < 1.29 is 18.0 Å². The summed E-state index contributed by atoms with van der Waals surface area (Å²) in [5, 5.41) is 11.0. The Morgan fingerprint density at radius 2 is 1.86 bits per heavy atom. The van der Waals surface area contributed by atoms with E-state index < -0.39 is 34.0 Å². The maximum absolute atomic E-state index is 13.1. The van der Waals surface area contributed by atoms with Gasteiger partial charge in [-0.3, -0.25) is 4.79 Å². The fourth-order valence-electron chi connectivity index (χ4n) is 3.35. The van der Waals surface area contributed by atoms with Crippen LogP contribution in [0.25, 0.3) is 0 Å². The van der Waals surface area contributed by atoms with Gasteiger partial charge in [0.15, 0.2) is 0 Å². The third-order valence-corrected chi connectivity index (χ3v) is 7.79. The third-order valence-electron chi connectivity index (χ3n) is 4.54. The molecule has 1 aliphatic heterocycles. The van der Waals surface area contributed by atoms with E-state index in [1.807, 2.05) is 6.07 Å². The zero-order valence-corrected chi connectivity index (χ0v) is 16.2. The number of piperazine rings is 1. The highest BCUT2D eigenvalue weighted by molar-refractivity contribution is 7.91. The molecular weight excluding hydrogens is 402 g/mol. The number of benzene rings is 1. The number of hydrogen-bond donors (Lipinski definition) is 2. The first-order valence-corrected chi connectivity index (χ1v) is 10.5. The van der Waals surface area contributed by atoms with E-state index >= 15 is 0 Å². The topological polar surface area (TPSA) is 151 Å². The van der Waals surface area contributed by atoms with Crippen molar-refractivity contribution >= 4 is 33.3 Å². The summed E-state index contributed by atoms with van der Waals surface area (Å²) in [6.45, 7) is -0.198. The molecule has 0 radical (unpaired) electrons. The summed E-state index contributed by atoms with van der Waals surface area (Å²) in [4.78, 5) is 25.6. The van der Waals surface area contributed by atoms with Crippen LogP contribution >= 0.6 is 11.3 Å². The molecule has 28 heavy (non-hydrogen) atoms. The molecule has 11 heteroatoms. The van der Waals surface area contributed by atoms with Gasteiger partial charge in [0.1, 0.15) is 10.3 Å². The molecule has 1 fully saturated rings. The number of amides is 3. The van der Waals surface area contributed by atoms with E-state index in [-0.39, 0.29) is 22.9 Å². The molecule has 2 atom stereocenters. The quantitative estimate of drug-likeness (QED) is 0.744. The van der Waals surface area contributed by atoms with Gasteiger partial charge in [0.05, 0.1) is 17.7 Å². The van der Waals surface area contributed by atoms with Gasteiger partial charge in [-0.1, -0.05) is 24.3 Å². The Kier molecular flexibility index (Phi) is 5.37. The van der Waals surface area contributed by atoms with E-state index in [0.717, 1.165) is 15.6 Å². The number of urea groups is 1. The fraction of sp³-hybridized carbons (Fsp3) is 0.235. The van der Waals surface area contributed by atoms with Gasteiger partial charge in [-0.05, 0) is 23.1 Å². The predicted molar refractivity (Wildman–Crippen MR) is 101 cm³/mol. The van der Waals surface area contributed by atoms with E-state index in [9.17, 15) is 23.3 Å². The number of carbonyl (C=O) groups is 2. The second-order valence-electron chi connectivity index (χ2n) is 6.07. The second-order valence-corrected chi connectivity index (χ2v) is 9.14. The summed E-state index contributed by atoms with van der Waals surface area (Å²) in [7, 11) is -4.03. The van der Waals surface area contributed by atoms with Crippen molar-refractivity contribution in [1.29, 1.82) is 5.26 Å². The average Bonchev–Trinajstić information content (AvgIpc) is 3.22. The predicted octanol–water partition coefficient (Wildman–Crippen LogP) is 0.600. The molecule has 3 rings (SSSR count). The Morgan fingerprint density at radius 3 is 2.43 bits per heavy atom. The Morgan fingerprint density at radius 1 is 1.14 bits per heavy atom. The largest absolute Gasteiger partial charge is 0.368 e. The number of nitriles is 1. The molecule has 0 saturated carbocycles. The molecule has 0 spiro atoms. The lowest BCUT2D eigenvalue weighted by molar-refractivity contribution is -0.124. The van der Waals surface area contributed by atoms with Crippen molar-refractivity contribution in [2.45, 2.75) is 16.3 Å². The van der Waals surface area contributed by atoms with Crippen molar-refractivity contribution in [3.63, 3.8) is 0 Å². The minimum atomic E-state index is -4.03. The van der Waals surface area contributed by atoms with Gasteiger partial charge in [-0.2, -0.15) is 9.57 Å². The molecule has 1 aromatic carbocycles. The number of sulfonamides is 1. The first kappa shape index (κ1) is 19.8. The Balaban J connectivity index is 2.19. The molecule has 0 bridgehead atoms. The van der Waals surface area contributed by atoms with Gasteiger partial charge in [-0.25, -0.2) is 13.2 Å². The highest BCUT2D eigenvalue weighted by atomic mass is 32.2. The smallest absolute Gasteiger partial charge is 0.315 e. The van der Waals surface area contributed by atoms with Gasteiger partial charge in [-0.15, -0.1) is 11.3 Å². The number of nitrogens with two attached hydrogens (primary N) is 2. The van der Waals surface area contributed by atoms with Crippen molar-refractivity contribution in [3.8, 4) is 6.07 Å². The summed E-state index contributed by atoms with van der Waals surface area (Å²) in [5.41, 5.74) is 11.6. The molecule has 0 aliphatic carbocycles. The molecule has 4 N–H and O–H groups in total. The van der Waals surface area contributed by atoms with Gasteiger partial charge < -0.3 is 16.4 Å². The van der Waals surface area contributed by atoms with E-state index in [1.54, 1.807) is 29.6 Å². The molecule has 2 heterocycles. The lowest BCUT2D eigenvalue weighted by atomic mass is 9.91. The van der Waals surface area contributed by atoms with Gasteiger partial charge in [0.2, 0.25) is 5.91 Å². The molecule has 9 nitrogen and oxygen atoms in total. The van der Waals surface area contributed by atoms with Gasteiger partial charge in [0.25, 0.3) is 10.0 Å². The molecule has 1 aliphatic rings. The Hall–Kier alpha value is -2.94. The van der Waals surface area contributed by atoms with Crippen LogP contribution in [0.5, 0.6) is 0 Å². The van der Waals surface area contributed by atoms with E-state index in [4.69, 9.17) is 11.5 Å². The van der Waals surface area contributed by atoms with Crippen molar-refractivity contribution in [1.82, 2.24) is 9.21 Å². The van der Waals surface area contributed by atoms with Crippen LogP contribution in [-0.2, 0) is 14.8 Å². The lowest BCUT2D eigenvalue weighted by Gasteiger charge is -2.44. The first-order chi connectivity index (χ1) is 13.3. The Bertz CT molecular complexity index is 1050. The van der Waals surface area contributed by atoms with Gasteiger partial charge in [0, 0.05) is 13.1 Å². The number of hydrogen-bond acceptors (Lipinski definition) is 6. The van der Waals surface area contributed by atoms with Crippen molar-refractivity contribution in [3.05, 3.63) is 52.9 Å². The molecule has 2 unspecified atom stereocenters. The third kappa shape index (κ3) is 3.33. The number of carbonyl (C=O) groups excluding carboxylic acids is 2. The Labute approximate surface area is 165 Å². The van der Waals surface area contributed by atoms with Crippen LogP contribution in [0.4, 0.5) is 4.79 Å². The van der Waals surface area contributed by atoms with E-state index in [0.29, 0.717) is 5.56 Å². The van der Waals surface area contributed by atoms with Crippen LogP contribution in [-0.4, -0.2) is 48.7 Å². The molecule has 1 aromatic heterocycles. The van der Waals surface area contributed by atoms with Crippen LogP contribution in [0, 0.1) is 11.3 Å². The highest BCUT2D eigenvalue weighted by Gasteiger charge is 2.48. The number of rotatable bonds is 4. The van der Waals surface area contributed by atoms with Crippen LogP contribution < -0.4 is 11.5 Å². The summed E-state index contributed by atoms with van der Waals surface area (Å²) in [6, 6.07) is 7.95. The fourth-order valence-corrected chi connectivity index (χ4v) is 6.06. The lowest BCUT2D eigenvalue weighted by Crippen LogP contribution is -2.62. The summed E-state index contributed by atoms with van der Waals surface area (Å²) >= 11 is 1.01. The molecule has 3 amide bonds. The van der Waals surface area contributed by atoms with Crippen molar-refractivity contribution in [2.75, 3.05) is 13.1 Å². The SMILES string of the molecule is N#Cc1ccccc1C1C(C(N)=O)N(S(=O)(=O)c2cccs2)CCN1C(N)=O. The number of thiophene rings is 1. The van der Waals surface area contributed by atoms with Crippen LogP contribution in [0.2, 0.25) is 0 Å². The first-order valence-electron chi connectivity index (χ1n) is 8.18. The maximum Gasteiger partial charge on any atom is 0.315 e. The van der Waals surface area contributed by atoms with Crippen LogP contribution in [0.15, 0.2) is 46.0 Å². The molecule has 2 aromatic rings. The van der Waals surface area contributed by atoms with Crippen LogP contribution in [0.1, 0.15) is 17.2 Å². The minimum Gasteiger partial charge on any atom is -0.368 e. The van der Waals surface area contributed by atoms with E-state index in [1.165, 1.54) is 17.0 Å². The average molecular weight is 419 g/mol. The highest BCUT2D eigenvalue weighted by Crippen LogP contribution is 2.36. The summed E-state index contributed by atoms with van der Waals surface area (Å²) in [6.07, 6.45) is 0. The standard InChI is InChI=1S/C17H17N5O4S2/c18-10-11-4-1-2-5-12(11)14-15(16(19)23)22(8-7-21(14)17(20)24)28(25,26)13-6-3-9-27-13/h1-6,9,14-15H,7-8H2,(H2,19,23)(H2,20,24).